The van der Waals surface area contributed by atoms with Crippen molar-refractivity contribution in [2.24, 2.45) is 0 Å². The molecule has 0 aliphatic heterocycles. The summed E-state index contributed by atoms with van der Waals surface area (Å²) >= 11 is 0. The first kappa shape index (κ1) is 39.4. The molecule has 10 aromatic carbocycles. The van der Waals surface area contributed by atoms with Crippen molar-refractivity contribution in [1.82, 2.24) is 0 Å². The van der Waals surface area contributed by atoms with E-state index in [1.54, 1.807) is 0 Å². The molecule has 0 N–H and O–H groups in total. The van der Waals surface area contributed by atoms with E-state index < -0.39 is 5.41 Å². The van der Waals surface area contributed by atoms with Gasteiger partial charge < -0.3 is 4.90 Å². The van der Waals surface area contributed by atoms with Gasteiger partial charge in [-0.3, -0.25) is 0 Å². The fourth-order valence-electron chi connectivity index (χ4n) is 12.0. The van der Waals surface area contributed by atoms with Crippen LogP contribution < -0.4 is 4.90 Å². The fraction of sp³-hybridized carbons (Fsp3) is 0.0909. The molecule has 0 unspecified atom stereocenters. The van der Waals surface area contributed by atoms with Gasteiger partial charge in [0.05, 0.1) is 5.41 Å². The maximum atomic E-state index is 2.52. The molecule has 0 atom stereocenters. The van der Waals surface area contributed by atoms with E-state index in [0.717, 1.165) is 29.9 Å². The predicted octanol–water partition coefficient (Wildman–Crippen LogP) is 17.5. The zero-order valence-electron chi connectivity index (χ0n) is 37.9. The third kappa shape index (κ3) is 6.01. The van der Waals surface area contributed by atoms with Gasteiger partial charge in [0.2, 0.25) is 0 Å². The molecule has 1 nitrogen and oxygen atoms in total. The molecular formula is C66H49N. The zero-order valence-corrected chi connectivity index (χ0v) is 37.9. The Bertz CT molecular complexity index is 3620. The van der Waals surface area contributed by atoms with Crippen molar-refractivity contribution in [3.8, 4) is 33.4 Å². The first-order valence-electron chi connectivity index (χ1n) is 23.8. The first-order valence-corrected chi connectivity index (χ1v) is 23.8. The Labute approximate surface area is 393 Å². The van der Waals surface area contributed by atoms with E-state index >= 15 is 0 Å². The molecule has 0 aromatic heterocycles. The molecular weight excluding hydrogens is 807 g/mol. The van der Waals surface area contributed by atoms with Crippen LogP contribution in [0.1, 0.15) is 65.6 Å². The van der Waals surface area contributed by atoms with E-state index in [0.29, 0.717) is 0 Å². The molecule has 0 bridgehead atoms. The van der Waals surface area contributed by atoms with Gasteiger partial charge in [-0.15, -0.1) is 0 Å². The minimum Gasteiger partial charge on any atom is -0.310 e. The van der Waals surface area contributed by atoms with Crippen LogP contribution in [-0.2, 0) is 10.8 Å². The molecule has 3 aliphatic carbocycles. The lowest BCUT2D eigenvalue weighted by atomic mass is 9.66. The second-order valence-electron chi connectivity index (χ2n) is 19.1. The summed E-state index contributed by atoms with van der Waals surface area (Å²) in [4.78, 5) is 2.51. The van der Waals surface area contributed by atoms with Gasteiger partial charge in [0, 0.05) is 22.5 Å². The maximum Gasteiger partial charge on any atom is 0.0720 e. The van der Waals surface area contributed by atoms with Gasteiger partial charge in [-0.2, -0.15) is 0 Å². The van der Waals surface area contributed by atoms with E-state index in [1.165, 1.54) is 99.4 Å². The minimum atomic E-state index is -0.630. The first-order chi connectivity index (χ1) is 33.0. The Morgan fingerprint density at radius 1 is 0.403 bits per heavy atom. The average Bonchev–Trinajstić information content (AvgIpc) is 3.81. The predicted molar refractivity (Wildman–Crippen MR) is 283 cm³/mol. The molecule has 0 spiro atoms. The quantitative estimate of drug-likeness (QED) is 0.154. The number of hydrogen-bond acceptors (Lipinski definition) is 1. The number of nitrogens with zero attached hydrogens (tertiary/aromatic N) is 1. The largest absolute Gasteiger partial charge is 0.310 e. The lowest BCUT2D eigenvalue weighted by molar-refractivity contribution is 0.660. The van der Waals surface area contributed by atoms with Gasteiger partial charge in [-0.05, 0) is 155 Å². The zero-order chi connectivity index (χ0) is 44.7. The summed E-state index contributed by atoms with van der Waals surface area (Å²) in [5.74, 6) is 0. The number of fused-ring (bicyclic) bond motifs is 8. The Kier molecular flexibility index (Phi) is 8.99. The minimum absolute atomic E-state index is 0.190. The summed E-state index contributed by atoms with van der Waals surface area (Å²) < 4.78 is 0. The summed E-state index contributed by atoms with van der Waals surface area (Å²) in [6.07, 6.45) is 8.96. The van der Waals surface area contributed by atoms with Crippen molar-refractivity contribution in [1.29, 1.82) is 0 Å². The van der Waals surface area contributed by atoms with E-state index in [2.05, 4.69) is 255 Å². The molecule has 13 rings (SSSR count). The van der Waals surface area contributed by atoms with Crippen LogP contribution in [0.2, 0.25) is 0 Å². The topological polar surface area (TPSA) is 3.24 Å². The molecule has 0 amide bonds. The van der Waals surface area contributed by atoms with Gasteiger partial charge in [0.25, 0.3) is 0 Å². The van der Waals surface area contributed by atoms with Crippen LogP contribution in [-0.4, -0.2) is 0 Å². The second-order valence-corrected chi connectivity index (χ2v) is 19.1. The summed E-state index contributed by atoms with van der Waals surface area (Å²) in [5.41, 5.74) is 20.9. The van der Waals surface area contributed by atoms with Gasteiger partial charge in [-0.25, -0.2) is 0 Å². The molecule has 3 aliphatic rings. The number of rotatable bonds is 7. The number of benzene rings is 10. The number of hydrogen-bond donors (Lipinski definition) is 0. The maximum absolute atomic E-state index is 2.52. The average molecular weight is 856 g/mol. The van der Waals surface area contributed by atoms with E-state index in [4.69, 9.17) is 0 Å². The summed E-state index contributed by atoms with van der Waals surface area (Å²) in [7, 11) is 0. The monoisotopic (exact) mass is 855 g/mol. The Hall–Kier alpha value is -8.00. The van der Waals surface area contributed by atoms with Crippen LogP contribution in [0.4, 0.5) is 17.1 Å². The van der Waals surface area contributed by atoms with Crippen LogP contribution in [0.25, 0.3) is 60.5 Å². The highest BCUT2D eigenvalue weighted by Gasteiger charge is 2.48. The smallest absolute Gasteiger partial charge is 0.0720 e. The van der Waals surface area contributed by atoms with Crippen molar-refractivity contribution in [3.05, 3.63) is 276 Å². The van der Waals surface area contributed by atoms with E-state index in [9.17, 15) is 0 Å². The molecule has 0 saturated heterocycles. The molecule has 0 heterocycles. The number of allylic oxidation sites excluding steroid dienone is 4. The highest BCUT2D eigenvalue weighted by atomic mass is 15.1. The van der Waals surface area contributed by atoms with Crippen LogP contribution in [0.5, 0.6) is 0 Å². The van der Waals surface area contributed by atoms with Crippen molar-refractivity contribution in [2.75, 3.05) is 4.90 Å². The lowest BCUT2D eigenvalue weighted by Crippen LogP contribution is -2.29. The fourth-order valence-corrected chi connectivity index (χ4v) is 12.0. The summed E-state index contributed by atoms with van der Waals surface area (Å²) in [6.45, 7) is 4.82. The van der Waals surface area contributed by atoms with E-state index in [1.807, 2.05) is 0 Å². The molecule has 0 radical (unpaired) electrons. The van der Waals surface area contributed by atoms with Gasteiger partial charge in [-0.1, -0.05) is 208 Å². The third-order valence-electron chi connectivity index (χ3n) is 15.2. The summed E-state index contributed by atoms with van der Waals surface area (Å²) in [5, 5.41) is 4.95. The third-order valence-corrected chi connectivity index (χ3v) is 15.2. The Balaban J connectivity index is 1.05. The normalized spacial score (nSPS) is 14.9. The molecule has 0 fully saturated rings. The highest BCUT2D eigenvalue weighted by molar-refractivity contribution is 6.02. The number of anilines is 3. The van der Waals surface area contributed by atoms with Crippen molar-refractivity contribution in [3.63, 3.8) is 0 Å². The van der Waals surface area contributed by atoms with Gasteiger partial charge in [0.15, 0.2) is 0 Å². The summed E-state index contributed by atoms with van der Waals surface area (Å²) in [6, 6.07) is 82.4. The van der Waals surface area contributed by atoms with Crippen LogP contribution in [0.3, 0.4) is 0 Å². The Morgan fingerprint density at radius 3 is 1.66 bits per heavy atom. The van der Waals surface area contributed by atoms with Gasteiger partial charge in [0.1, 0.15) is 0 Å². The van der Waals surface area contributed by atoms with Crippen LogP contribution >= 0.6 is 0 Å². The molecule has 318 valence electrons. The standard InChI is InChI=1S/C66H49N/c1-65(2)61-41-48(44-18-6-3-7-19-44)33-37-56(61)57-38-35-52(42-62(57)65)67(51-34-32-45-20-12-13-22-47(45)40-51)53-36-39-58-60-31-17-30-59(55-29-16-23-46-21-14-15-28-54(46)55)64(60)66(63(58)43-53,49-24-8-4-9-25-49)50-26-10-5-11-27-50/h3-6,8-18,20-43H,7,19H2,1-2H3. The van der Waals surface area contributed by atoms with Crippen molar-refractivity contribution < 1.29 is 0 Å². The van der Waals surface area contributed by atoms with Crippen LogP contribution in [0.15, 0.2) is 237 Å². The second kappa shape index (κ2) is 15.3. The molecule has 0 saturated carbocycles. The lowest BCUT2D eigenvalue weighted by Gasteiger charge is -2.36. The molecule has 67 heavy (non-hydrogen) atoms. The molecule has 10 aromatic rings. The van der Waals surface area contributed by atoms with Gasteiger partial charge >= 0.3 is 0 Å². The highest BCUT2D eigenvalue weighted by Crippen LogP contribution is 2.60. The Morgan fingerprint density at radius 2 is 0.940 bits per heavy atom. The van der Waals surface area contributed by atoms with Crippen molar-refractivity contribution >= 4 is 44.2 Å². The van der Waals surface area contributed by atoms with Crippen molar-refractivity contribution in [2.45, 2.75) is 37.5 Å². The SMILES string of the molecule is CC1(C)c2cc(C3=CC=CCC3)ccc2-c2ccc(N(c3ccc4c(c3)C(c3ccccc3)(c3ccccc3)c3c-4cccc3-c3cccc4ccccc34)c3ccc4ccccc4c3)cc21. The van der Waals surface area contributed by atoms with E-state index in [-0.39, 0.29) is 5.41 Å². The van der Waals surface area contributed by atoms with Crippen LogP contribution in [0, 0.1) is 0 Å². The molecule has 1 heteroatoms.